The molecule has 0 N–H and O–H groups in total. The zero-order valence-corrected chi connectivity index (χ0v) is 32.0. The monoisotopic (exact) mass is 657 g/mol. The molecular weight excluding hydrogens is 580 g/mol. The first kappa shape index (κ1) is 43.1. The second kappa shape index (κ2) is 29.1. The first-order valence-electron chi connectivity index (χ1n) is 19.9. The molecule has 0 spiro atoms. The molecule has 0 aliphatic rings. The molecule has 1 rings (SSSR count). The molecule has 1 atom stereocenters. The molecule has 272 valence electrons. The van der Waals surface area contributed by atoms with Crippen LogP contribution in [-0.4, -0.2) is 62.0 Å². The van der Waals surface area contributed by atoms with Gasteiger partial charge < -0.3 is 14.5 Å². The quantitative estimate of drug-likeness (QED) is 0.0589. The van der Waals surface area contributed by atoms with Gasteiger partial charge in [-0.1, -0.05) is 141 Å². The van der Waals surface area contributed by atoms with Crippen LogP contribution in [0.4, 0.5) is 0 Å². The molecule has 1 unspecified atom stereocenters. The van der Waals surface area contributed by atoms with Crippen molar-refractivity contribution < 1.29 is 14.3 Å². The standard InChI is InChI=1S/C42H76N2O3/c1-7-8-9-10-11-12-13-14-15-16-17-18-19-20-23-27-41(45)44(34-26-32-43(5)6)33-24-21-22-25-35-47-42(46)38(4)40-30-28-39(29-31-40)36-37(2)3/h28-31,37-38H,7-27,32-36H2,1-6H3. The Morgan fingerprint density at radius 3 is 1.64 bits per heavy atom. The Bertz CT molecular complexity index is 882. The Morgan fingerprint density at radius 2 is 1.11 bits per heavy atom. The summed E-state index contributed by atoms with van der Waals surface area (Å²) in [6.07, 6.45) is 26.9. The highest BCUT2D eigenvalue weighted by atomic mass is 16.5. The van der Waals surface area contributed by atoms with Crippen LogP contribution in [0.3, 0.4) is 0 Å². The van der Waals surface area contributed by atoms with E-state index in [1.54, 1.807) is 0 Å². The van der Waals surface area contributed by atoms with Crippen molar-refractivity contribution in [3.63, 3.8) is 0 Å². The number of carbonyl (C=O) groups excluding carboxylic acids is 2. The van der Waals surface area contributed by atoms with Crippen molar-refractivity contribution in [2.75, 3.05) is 40.3 Å². The lowest BCUT2D eigenvalue weighted by Crippen LogP contribution is -2.34. The van der Waals surface area contributed by atoms with Crippen molar-refractivity contribution in [2.24, 2.45) is 5.92 Å². The number of esters is 1. The van der Waals surface area contributed by atoms with Gasteiger partial charge in [0.25, 0.3) is 0 Å². The molecule has 0 bridgehead atoms. The average molecular weight is 657 g/mol. The molecule has 47 heavy (non-hydrogen) atoms. The van der Waals surface area contributed by atoms with E-state index in [9.17, 15) is 9.59 Å². The van der Waals surface area contributed by atoms with Gasteiger partial charge in [0.2, 0.25) is 5.91 Å². The minimum atomic E-state index is -0.241. The molecule has 0 saturated carbocycles. The summed E-state index contributed by atoms with van der Waals surface area (Å²) in [7, 11) is 4.19. The molecule has 5 nitrogen and oxygen atoms in total. The molecule has 0 aromatic heterocycles. The van der Waals surface area contributed by atoms with E-state index < -0.39 is 0 Å². The predicted molar refractivity (Wildman–Crippen MR) is 202 cm³/mol. The number of hydrogen-bond donors (Lipinski definition) is 0. The van der Waals surface area contributed by atoms with Crippen LogP contribution >= 0.6 is 0 Å². The smallest absolute Gasteiger partial charge is 0.313 e. The van der Waals surface area contributed by atoms with Gasteiger partial charge in [-0.3, -0.25) is 9.59 Å². The third-order valence-corrected chi connectivity index (χ3v) is 9.42. The zero-order chi connectivity index (χ0) is 34.5. The Balaban J connectivity index is 2.17. The fraction of sp³-hybridized carbons (Fsp3) is 0.810. The molecule has 0 saturated heterocycles. The van der Waals surface area contributed by atoms with Gasteiger partial charge in [-0.25, -0.2) is 0 Å². The average Bonchev–Trinajstić information content (AvgIpc) is 3.04. The number of carbonyl (C=O) groups is 2. The van der Waals surface area contributed by atoms with E-state index in [1.807, 2.05) is 6.92 Å². The number of benzene rings is 1. The number of amides is 1. The summed E-state index contributed by atoms with van der Waals surface area (Å²) in [6.45, 7) is 11.8. The lowest BCUT2D eigenvalue weighted by Gasteiger charge is -2.24. The van der Waals surface area contributed by atoms with Gasteiger partial charge in [-0.2, -0.15) is 0 Å². The second-order valence-corrected chi connectivity index (χ2v) is 14.9. The predicted octanol–water partition coefficient (Wildman–Crippen LogP) is 11.1. The topological polar surface area (TPSA) is 49.9 Å². The summed E-state index contributed by atoms with van der Waals surface area (Å²) in [5.41, 5.74) is 2.33. The van der Waals surface area contributed by atoms with Crippen molar-refractivity contribution in [1.29, 1.82) is 0 Å². The van der Waals surface area contributed by atoms with Crippen LogP contribution in [0.15, 0.2) is 24.3 Å². The molecule has 0 fully saturated rings. The number of nitrogens with zero attached hydrogens (tertiary/aromatic N) is 2. The lowest BCUT2D eigenvalue weighted by molar-refractivity contribution is -0.145. The second-order valence-electron chi connectivity index (χ2n) is 14.9. The minimum Gasteiger partial charge on any atom is -0.465 e. The van der Waals surface area contributed by atoms with Crippen molar-refractivity contribution in [3.05, 3.63) is 35.4 Å². The van der Waals surface area contributed by atoms with Crippen LogP contribution in [0.2, 0.25) is 0 Å². The Morgan fingerprint density at radius 1 is 0.617 bits per heavy atom. The molecule has 0 heterocycles. The first-order chi connectivity index (χ1) is 22.7. The van der Waals surface area contributed by atoms with Gasteiger partial charge in [-0.05, 0) is 83.1 Å². The Hall–Kier alpha value is -1.88. The Labute approximate surface area is 292 Å². The molecule has 1 aromatic carbocycles. The van der Waals surface area contributed by atoms with E-state index >= 15 is 0 Å². The van der Waals surface area contributed by atoms with Crippen molar-refractivity contribution in [2.45, 2.75) is 175 Å². The van der Waals surface area contributed by atoms with E-state index in [1.165, 1.54) is 95.5 Å². The summed E-state index contributed by atoms with van der Waals surface area (Å²) in [4.78, 5) is 30.0. The molecule has 0 aliphatic heterocycles. The number of rotatable bonds is 31. The van der Waals surface area contributed by atoms with Crippen LogP contribution in [-0.2, 0) is 20.7 Å². The number of unbranched alkanes of at least 4 members (excludes halogenated alkanes) is 17. The van der Waals surface area contributed by atoms with E-state index in [4.69, 9.17) is 4.74 Å². The van der Waals surface area contributed by atoms with Crippen LogP contribution in [0.5, 0.6) is 0 Å². The first-order valence-corrected chi connectivity index (χ1v) is 19.9. The zero-order valence-electron chi connectivity index (χ0n) is 32.0. The fourth-order valence-corrected chi connectivity index (χ4v) is 6.35. The summed E-state index contributed by atoms with van der Waals surface area (Å²) < 4.78 is 5.61. The van der Waals surface area contributed by atoms with Crippen molar-refractivity contribution >= 4 is 11.9 Å². The van der Waals surface area contributed by atoms with E-state index in [0.717, 1.165) is 70.1 Å². The molecule has 1 amide bonds. The normalized spacial score (nSPS) is 12.2. The van der Waals surface area contributed by atoms with Gasteiger partial charge >= 0.3 is 5.97 Å². The molecule has 1 aromatic rings. The molecule has 0 aliphatic carbocycles. The summed E-state index contributed by atoms with van der Waals surface area (Å²) in [5, 5.41) is 0. The number of ether oxygens (including phenoxy) is 1. The highest BCUT2D eigenvalue weighted by Crippen LogP contribution is 2.20. The third-order valence-electron chi connectivity index (χ3n) is 9.42. The molecule has 5 heteroatoms. The van der Waals surface area contributed by atoms with Crippen LogP contribution in [0.25, 0.3) is 0 Å². The van der Waals surface area contributed by atoms with Gasteiger partial charge in [0, 0.05) is 19.5 Å². The Kier molecular flexibility index (Phi) is 26.7. The van der Waals surface area contributed by atoms with E-state index in [0.29, 0.717) is 24.9 Å². The van der Waals surface area contributed by atoms with Gasteiger partial charge in [-0.15, -0.1) is 0 Å². The summed E-state index contributed by atoms with van der Waals surface area (Å²) in [5.74, 6) is 0.574. The highest BCUT2D eigenvalue weighted by molar-refractivity contribution is 5.77. The van der Waals surface area contributed by atoms with Gasteiger partial charge in [0.1, 0.15) is 0 Å². The summed E-state index contributed by atoms with van der Waals surface area (Å²) >= 11 is 0. The molecular formula is C42H76N2O3. The fourth-order valence-electron chi connectivity index (χ4n) is 6.35. The van der Waals surface area contributed by atoms with Crippen molar-refractivity contribution in [3.8, 4) is 0 Å². The van der Waals surface area contributed by atoms with Crippen LogP contribution in [0.1, 0.15) is 180 Å². The maximum Gasteiger partial charge on any atom is 0.313 e. The molecule has 0 radical (unpaired) electrons. The number of hydrogen-bond acceptors (Lipinski definition) is 4. The maximum atomic E-state index is 13.1. The van der Waals surface area contributed by atoms with Crippen molar-refractivity contribution in [1.82, 2.24) is 9.80 Å². The summed E-state index contributed by atoms with van der Waals surface area (Å²) in [6, 6.07) is 8.40. The highest BCUT2D eigenvalue weighted by Gasteiger charge is 2.17. The largest absolute Gasteiger partial charge is 0.465 e. The van der Waals surface area contributed by atoms with Gasteiger partial charge in [0.15, 0.2) is 0 Å². The maximum absolute atomic E-state index is 13.1. The van der Waals surface area contributed by atoms with Crippen LogP contribution < -0.4 is 0 Å². The minimum absolute atomic E-state index is 0.141. The third kappa shape index (κ3) is 24.0. The van der Waals surface area contributed by atoms with Crippen LogP contribution in [0, 0.1) is 5.92 Å². The SMILES string of the molecule is CCCCCCCCCCCCCCCCCC(=O)N(CCCCCCOC(=O)C(C)c1ccc(CC(C)C)cc1)CCCN(C)C. The van der Waals surface area contributed by atoms with E-state index in [-0.39, 0.29) is 11.9 Å². The van der Waals surface area contributed by atoms with Gasteiger partial charge in [0.05, 0.1) is 12.5 Å². The lowest BCUT2D eigenvalue weighted by atomic mass is 9.97. The van der Waals surface area contributed by atoms with E-state index in [2.05, 4.69) is 68.9 Å².